The highest BCUT2D eigenvalue weighted by molar-refractivity contribution is 5.99. The number of nitrogens with zero attached hydrogens (tertiary/aromatic N) is 1. The SMILES string of the molecule is O=C(NCCC(=O)N1CCC(C(=O)c2ccccc2)CC1)c1ccc2ccccc2c1. The number of amides is 2. The summed E-state index contributed by atoms with van der Waals surface area (Å²) in [4.78, 5) is 39.3. The molecule has 158 valence electrons. The van der Waals surface area contributed by atoms with E-state index in [0.717, 1.165) is 16.3 Å². The Hall–Kier alpha value is -3.47. The van der Waals surface area contributed by atoms with Crippen LogP contribution in [0.3, 0.4) is 0 Å². The Bertz CT molecular complexity index is 1090. The largest absolute Gasteiger partial charge is 0.352 e. The molecular weight excluding hydrogens is 388 g/mol. The van der Waals surface area contributed by atoms with E-state index in [1.165, 1.54) is 0 Å². The molecule has 0 aromatic heterocycles. The maximum atomic E-state index is 12.6. The van der Waals surface area contributed by atoms with Gasteiger partial charge in [-0.15, -0.1) is 0 Å². The molecule has 0 bridgehead atoms. The van der Waals surface area contributed by atoms with Gasteiger partial charge in [-0.1, -0.05) is 60.7 Å². The third-order valence-corrected chi connectivity index (χ3v) is 5.91. The lowest BCUT2D eigenvalue weighted by molar-refractivity contribution is -0.132. The molecule has 1 aliphatic heterocycles. The minimum absolute atomic E-state index is 0.0180. The maximum absolute atomic E-state index is 12.6. The molecule has 0 radical (unpaired) electrons. The molecule has 3 aromatic rings. The van der Waals surface area contributed by atoms with Crippen LogP contribution in [-0.2, 0) is 4.79 Å². The molecule has 3 aromatic carbocycles. The molecule has 0 aliphatic carbocycles. The van der Waals surface area contributed by atoms with Gasteiger partial charge in [-0.3, -0.25) is 14.4 Å². The first-order valence-electron chi connectivity index (χ1n) is 10.8. The third kappa shape index (κ3) is 5.00. The third-order valence-electron chi connectivity index (χ3n) is 5.91. The standard InChI is InChI=1S/C26H26N2O3/c29-24(28-16-13-21(14-17-28)25(30)20-7-2-1-3-8-20)12-15-27-26(31)23-11-10-19-6-4-5-9-22(19)18-23/h1-11,18,21H,12-17H2,(H,27,31). The van der Waals surface area contributed by atoms with Crippen LogP contribution in [0.15, 0.2) is 72.8 Å². The molecule has 0 saturated carbocycles. The van der Waals surface area contributed by atoms with Crippen LogP contribution in [0.2, 0.25) is 0 Å². The highest BCUT2D eigenvalue weighted by Crippen LogP contribution is 2.22. The molecule has 1 saturated heterocycles. The van der Waals surface area contributed by atoms with Gasteiger partial charge in [-0.2, -0.15) is 0 Å². The number of benzene rings is 3. The zero-order valence-corrected chi connectivity index (χ0v) is 17.4. The highest BCUT2D eigenvalue weighted by atomic mass is 16.2. The molecule has 1 fully saturated rings. The van der Waals surface area contributed by atoms with Gasteiger partial charge in [-0.25, -0.2) is 0 Å². The summed E-state index contributed by atoms with van der Waals surface area (Å²) < 4.78 is 0. The number of carbonyl (C=O) groups is 3. The van der Waals surface area contributed by atoms with Gasteiger partial charge < -0.3 is 10.2 Å². The van der Waals surface area contributed by atoms with Gasteiger partial charge in [0.05, 0.1) is 0 Å². The van der Waals surface area contributed by atoms with Gasteiger partial charge >= 0.3 is 0 Å². The van der Waals surface area contributed by atoms with Gasteiger partial charge in [0.25, 0.3) is 5.91 Å². The number of nitrogens with one attached hydrogen (secondary N) is 1. The molecule has 2 amide bonds. The van der Waals surface area contributed by atoms with Crippen LogP contribution in [0.5, 0.6) is 0 Å². The predicted molar refractivity (Wildman–Crippen MR) is 121 cm³/mol. The van der Waals surface area contributed by atoms with Crippen LogP contribution in [0.25, 0.3) is 10.8 Å². The fraction of sp³-hybridized carbons (Fsp3) is 0.269. The van der Waals surface area contributed by atoms with Crippen molar-refractivity contribution >= 4 is 28.4 Å². The van der Waals surface area contributed by atoms with Crippen LogP contribution in [0, 0.1) is 5.92 Å². The lowest BCUT2D eigenvalue weighted by atomic mass is 9.89. The van der Waals surface area contributed by atoms with Gasteiger partial charge in [0.2, 0.25) is 5.91 Å². The Morgan fingerprint density at radius 2 is 1.48 bits per heavy atom. The molecule has 5 heteroatoms. The maximum Gasteiger partial charge on any atom is 0.251 e. The fourth-order valence-electron chi connectivity index (χ4n) is 4.10. The molecule has 1 N–H and O–H groups in total. The van der Waals surface area contributed by atoms with E-state index in [1.807, 2.05) is 66.7 Å². The average molecular weight is 415 g/mol. The van der Waals surface area contributed by atoms with Crippen LogP contribution in [-0.4, -0.2) is 42.1 Å². The highest BCUT2D eigenvalue weighted by Gasteiger charge is 2.27. The summed E-state index contributed by atoms with van der Waals surface area (Å²) in [5.74, 6) is -0.0236. The quantitative estimate of drug-likeness (QED) is 0.618. The molecule has 31 heavy (non-hydrogen) atoms. The van der Waals surface area contributed by atoms with Crippen LogP contribution < -0.4 is 5.32 Å². The normalized spacial score (nSPS) is 14.4. The summed E-state index contributed by atoms with van der Waals surface area (Å²) in [7, 11) is 0. The number of Topliss-reactive ketones (excluding diaryl/α,β-unsaturated/α-hetero) is 1. The predicted octanol–water partition coefficient (Wildman–Crippen LogP) is 4.08. The molecule has 0 unspecified atom stereocenters. The molecule has 1 aliphatic rings. The first-order chi connectivity index (χ1) is 15.1. The Morgan fingerprint density at radius 1 is 0.806 bits per heavy atom. The number of likely N-dealkylation sites (tertiary alicyclic amines) is 1. The molecule has 0 atom stereocenters. The zero-order chi connectivity index (χ0) is 21.6. The topological polar surface area (TPSA) is 66.5 Å². The average Bonchev–Trinajstić information content (AvgIpc) is 2.83. The van der Waals surface area contributed by atoms with Gasteiger partial charge in [0, 0.05) is 43.1 Å². The van der Waals surface area contributed by atoms with Crippen LogP contribution in [0.1, 0.15) is 40.0 Å². The molecule has 4 rings (SSSR count). The van der Waals surface area contributed by atoms with E-state index in [9.17, 15) is 14.4 Å². The van der Waals surface area contributed by atoms with Crippen molar-refractivity contribution in [2.75, 3.05) is 19.6 Å². The van der Waals surface area contributed by atoms with Gasteiger partial charge in [0.1, 0.15) is 0 Å². The first-order valence-corrected chi connectivity index (χ1v) is 10.8. The van der Waals surface area contributed by atoms with Crippen LogP contribution >= 0.6 is 0 Å². The molecular formula is C26H26N2O3. The lowest BCUT2D eigenvalue weighted by Gasteiger charge is -2.31. The van der Waals surface area contributed by atoms with Crippen LogP contribution in [0.4, 0.5) is 0 Å². The number of hydrogen-bond donors (Lipinski definition) is 1. The van der Waals surface area contributed by atoms with Crippen molar-refractivity contribution in [3.8, 4) is 0 Å². The van der Waals surface area contributed by atoms with Gasteiger partial charge in [-0.05, 0) is 35.7 Å². The van der Waals surface area contributed by atoms with E-state index in [-0.39, 0.29) is 29.9 Å². The molecule has 1 heterocycles. The summed E-state index contributed by atoms with van der Waals surface area (Å²) in [6.07, 6.45) is 1.63. The van der Waals surface area contributed by atoms with Crippen molar-refractivity contribution in [2.24, 2.45) is 5.92 Å². The minimum atomic E-state index is -0.175. The second kappa shape index (κ2) is 9.56. The monoisotopic (exact) mass is 414 g/mol. The van der Waals surface area contributed by atoms with Crippen molar-refractivity contribution in [2.45, 2.75) is 19.3 Å². The minimum Gasteiger partial charge on any atom is -0.352 e. The van der Waals surface area contributed by atoms with E-state index in [1.54, 1.807) is 11.0 Å². The van der Waals surface area contributed by atoms with E-state index < -0.39 is 0 Å². The van der Waals surface area contributed by atoms with Crippen molar-refractivity contribution in [3.05, 3.63) is 83.9 Å². The smallest absolute Gasteiger partial charge is 0.251 e. The Balaban J connectivity index is 1.23. The van der Waals surface area contributed by atoms with Crippen molar-refractivity contribution in [1.82, 2.24) is 10.2 Å². The van der Waals surface area contributed by atoms with Crippen molar-refractivity contribution < 1.29 is 14.4 Å². The molecule has 5 nitrogen and oxygen atoms in total. The first kappa shape index (κ1) is 20.8. The van der Waals surface area contributed by atoms with E-state index in [4.69, 9.17) is 0 Å². The fourth-order valence-corrected chi connectivity index (χ4v) is 4.10. The second-order valence-corrected chi connectivity index (χ2v) is 7.95. The summed E-state index contributed by atoms with van der Waals surface area (Å²) >= 11 is 0. The Kier molecular flexibility index (Phi) is 6.41. The zero-order valence-electron chi connectivity index (χ0n) is 17.4. The van der Waals surface area contributed by atoms with E-state index in [2.05, 4.69) is 5.32 Å². The van der Waals surface area contributed by atoms with E-state index in [0.29, 0.717) is 38.0 Å². The molecule has 0 spiro atoms. The number of fused-ring (bicyclic) bond motifs is 1. The van der Waals surface area contributed by atoms with E-state index >= 15 is 0 Å². The number of rotatable bonds is 6. The number of hydrogen-bond acceptors (Lipinski definition) is 3. The van der Waals surface area contributed by atoms with Gasteiger partial charge in [0.15, 0.2) is 5.78 Å². The summed E-state index contributed by atoms with van der Waals surface area (Å²) in [6, 6.07) is 22.8. The Morgan fingerprint density at radius 3 is 2.23 bits per heavy atom. The Labute approximate surface area is 182 Å². The van der Waals surface area contributed by atoms with Crippen molar-refractivity contribution in [1.29, 1.82) is 0 Å². The number of piperidine rings is 1. The summed E-state index contributed by atoms with van der Waals surface area (Å²) in [5, 5.41) is 4.94. The second-order valence-electron chi connectivity index (χ2n) is 7.95. The lowest BCUT2D eigenvalue weighted by Crippen LogP contribution is -2.41. The number of ketones is 1. The number of carbonyl (C=O) groups excluding carboxylic acids is 3. The van der Waals surface area contributed by atoms with Crippen molar-refractivity contribution in [3.63, 3.8) is 0 Å². The summed E-state index contributed by atoms with van der Waals surface area (Å²) in [6.45, 7) is 1.47. The summed E-state index contributed by atoms with van der Waals surface area (Å²) in [5.41, 5.74) is 1.33.